The van der Waals surface area contributed by atoms with Crippen LogP contribution in [0.1, 0.15) is 18.9 Å². The van der Waals surface area contributed by atoms with Crippen molar-refractivity contribution in [3.63, 3.8) is 0 Å². The van der Waals surface area contributed by atoms with Crippen LogP contribution < -0.4 is 0 Å². The van der Waals surface area contributed by atoms with Crippen molar-refractivity contribution in [3.8, 4) is 0 Å². The molecule has 0 bridgehead atoms. The van der Waals surface area contributed by atoms with E-state index in [4.69, 9.17) is 0 Å². The summed E-state index contributed by atoms with van der Waals surface area (Å²) in [5.41, 5.74) is 2.66. The first-order chi connectivity index (χ1) is 8.33. The lowest BCUT2D eigenvalue weighted by atomic mass is 10.1. The Bertz CT molecular complexity index is 405. The molecule has 0 unspecified atom stereocenters. The molecular formula is C17H20. The molecule has 0 nitrogen and oxygen atoms in total. The highest BCUT2D eigenvalue weighted by molar-refractivity contribution is 5.23. The lowest BCUT2D eigenvalue weighted by molar-refractivity contribution is 1.24. The fourth-order valence-corrected chi connectivity index (χ4v) is 1.47. The van der Waals surface area contributed by atoms with Crippen molar-refractivity contribution in [2.24, 2.45) is 0 Å². The fraction of sp³-hybridized carbons (Fsp3) is 0.176. The van der Waals surface area contributed by atoms with Gasteiger partial charge in [0.1, 0.15) is 0 Å². The summed E-state index contributed by atoms with van der Waals surface area (Å²) >= 11 is 0. The first kappa shape index (κ1) is 13.2. The lowest BCUT2D eigenvalue weighted by Gasteiger charge is -1.96. The molecule has 1 aromatic carbocycles. The second-order valence-electron chi connectivity index (χ2n) is 3.94. The van der Waals surface area contributed by atoms with Crippen molar-refractivity contribution in [2.75, 3.05) is 0 Å². The third kappa shape index (κ3) is 6.36. The Morgan fingerprint density at radius 2 is 1.94 bits per heavy atom. The van der Waals surface area contributed by atoms with Crippen molar-refractivity contribution in [3.05, 3.63) is 84.5 Å². The summed E-state index contributed by atoms with van der Waals surface area (Å²) in [5.74, 6) is 0. The molecule has 0 radical (unpaired) electrons. The predicted molar refractivity (Wildman–Crippen MR) is 77.0 cm³/mol. The summed E-state index contributed by atoms with van der Waals surface area (Å²) in [6.45, 7) is 5.77. The van der Waals surface area contributed by atoms with E-state index < -0.39 is 0 Å². The number of hydrogen-bond acceptors (Lipinski definition) is 0. The van der Waals surface area contributed by atoms with Crippen LogP contribution in [-0.4, -0.2) is 0 Å². The van der Waals surface area contributed by atoms with Crippen LogP contribution in [0, 0.1) is 0 Å². The van der Waals surface area contributed by atoms with Gasteiger partial charge < -0.3 is 0 Å². The van der Waals surface area contributed by atoms with Gasteiger partial charge in [0.2, 0.25) is 0 Å². The Hall–Kier alpha value is -1.82. The average molecular weight is 224 g/mol. The predicted octanol–water partition coefficient (Wildman–Crippen LogP) is 4.86. The van der Waals surface area contributed by atoms with Gasteiger partial charge in [-0.25, -0.2) is 0 Å². The standard InChI is InChI=1S/C17H20/c1-3-4-5-6-8-11-16(2)14-15-17-12-9-7-10-13-17/h3-5,7-14H,1,6,15H2,2H3/b5-4-,11-8+,16-14-. The van der Waals surface area contributed by atoms with Crippen molar-refractivity contribution in [1.29, 1.82) is 0 Å². The zero-order chi connectivity index (χ0) is 12.3. The van der Waals surface area contributed by atoms with Gasteiger partial charge in [-0.05, 0) is 25.3 Å². The van der Waals surface area contributed by atoms with Gasteiger partial charge >= 0.3 is 0 Å². The van der Waals surface area contributed by atoms with Crippen LogP contribution >= 0.6 is 0 Å². The molecule has 0 N–H and O–H groups in total. The van der Waals surface area contributed by atoms with Gasteiger partial charge in [0.15, 0.2) is 0 Å². The largest absolute Gasteiger partial charge is 0.0991 e. The first-order valence-corrected chi connectivity index (χ1v) is 5.97. The number of allylic oxidation sites excluding steroid dienone is 7. The van der Waals surface area contributed by atoms with E-state index in [2.05, 4.69) is 62.1 Å². The molecule has 0 aliphatic carbocycles. The Balaban J connectivity index is 2.39. The van der Waals surface area contributed by atoms with Crippen molar-refractivity contribution >= 4 is 0 Å². The van der Waals surface area contributed by atoms with Crippen molar-refractivity contribution in [2.45, 2.75) is 19.8 Å². The van der Waals surface area contributed by atoms with Crippen LogP contribution in [0.3, 0.4) is 0 Å². The molecule has 0 saturated carbocycles. The highest BCUT2D eigenvalue weighted by Gasteiger charge is 1.87. The van der Waals surface area contributed by atoms with E-state index in [1.54, 1.807) is 6.08 Å². The number of hydrogen-bond donors (Lipinski definition) is 0. The smallest absolute Gasteiger partial charge is 0.00917 e. The molecule has 17 heavy (non-hydrogen) atoms. The Kier molecular flexibility index (Phi) is 6.50. The summed E-state index contributed by atoms with van der Waals surface area (Å²) in [5, 5.41) is 0. The van der Waals surface area contributed by atoms with Crippen LogP contribution in [0.5, 0.6) is 0 Å². The zero-order valence-corrected chi connectivity index (χ0v) is 10.5. The summed E-state index contributed by atoms with van der Waals surface area (Å²) in [6.07, 6.45) is 14.4. The van der Waals surface area contributed by atoms with Gasteiger partial charge in [0, 0.05) is 0 Å². The number of rotatable bonds is 6. The molecule has 0 aliphatic heterocycles. The SMILES string of the molecule is C=C/C=C\C/C=C/C(C)=C\Cc1ccccc1. The average Bonchev–Trinajstić information content (AvgIpc) is 2.37. The van der Waals surface area contributed by atoms with Gasteiger partial charge in [-0.2, -0.15) is 0 Å². The molecule has 0 amide bonds. The van der Waals surface area contributed by atoms with E-state index in [0.717, 1.165) is 12.8 Å². The molecule has 0 heteroatoms. The monoisotopic (exact) mass is 224 g/mol. The van der Waals surface area contributed by atoms with E-state index in [0.29, 0.717) is 0 Å². The van der Waals surface area contributed by atoms with E-state index in [-0.39, 0.29) is 0 Å². The molecular weight excluding hydrogens is 204 g/mol. The minimum Gasteiger partial charge on any atom is -0.0991 e. The van der Waals surface area contributed by atoms with Crippen LogP contribution in [-0.2, 0) is 6.42 Å². The maximum atomic E-state index is 3.63. The Labute approximate surface area is 105 Å². The highest BCUT2D eigenvalue weighted by atomic mass is 13.9. The molecule has 0 heterocycles. The minimum absolute atomic E-state index is 0.961. The Morgan fingerprint density at radius 1 is 1.18 bits per heavy atom. The molecule has 0 aromatic heterocycles. The van der Waals surface area contributed by atoms with Gasteiger partial charge in [-0.3, -0.25) is 0 Å². The molecule has 0 spiro atoms. The van der Waals surface area contributed by atoms with Crippen LogP contribution in [0.25, 0.3) is 0 Å². The van der Waals surface area contributed by atoms with E-state index in [9.17, 15) is 0 Å². The Morgan fingerprint density at radius 3 is 2.65 bits per heavy atom. The van der Waals surface area contributed by atoms with Crippen LogP contribution in [0.15, 0.2) is 78.9 Å². The van der Waals surface area contributed by atoms with Crippen molar-refractivity contribution in [1.82, 2.24) is 0 Å². The van der Waals surface area contributed by atoms with E-state index in [1.165, 1.54) is 11.1 Å². The molecule has 0 atom stereocenters. The molecule has 88 valence electrons. The summed E-state index contributed by atoms with van der Waals surface area (Å²) < 4.78 is 0. The van der Waals surface area contributed by atoms with Gasteiger partial charge in [0.25, 0.3) is 0 Å². The molecule has 0 aliphatic rings. The zero-order valence-electron chi connectivity index (χ0n) is 10.5. The summed E-state index contributed by atoms with van der Waals surface area (Å²) in [4.78, 5) is 0. The molecule has 0 fully saturated rings. The van der Waals surface area contributed by atoms with Crippen molar-refractivity contribution < 1.29 is 0 Å². The molecule has 0 saturated heterocycles. The van der Waals surface area contributed by atoms with Crippen LogP contribution in [0.2, 0.25) is 0 Å². The van der Waals surface area contributed by atoms with Gasteiger partial charge in [-0.1, -0.05) is 78.9 Å². The van der Waals surface area contributed by atoms with E-state index in [1.807, 2.05) is 12.1 Å². The lowest BCUT2D eigenvalue weighted by Crippen LogP contribution is -1.80. The maximum Gasteiger partial charge on any atom is -0.00917 e. The quantitative estimate of drug-likeness (QED) is 0.605. The second-order valence-corrected chi connectivity index (χ2v) is 3.94. The summed E-state index contributed by atoms with van der Waals surface area (Å²) in [6, 6.07) is 10.5. The normalized spacial score (nSPS) is 12.4. The minimum atomic E-state index is 0.961. The third-order valence-electron chi connectivity index (χ3n) is 2.43. The molecule has 1 aromatic rings. The van der Waals surface area contributed by atoms with Gasteiger partial charge in [-0.15, -0.1) is 0 Å². The highest BCUT2D eigenvalue weighted by Crippen LogP contribution is 2.04. The maximum absolute atomic E-state index is 3.63. The topological polar surface area (TPSA) is 0 Å². The number of benzene rings is 1. The molecule has 1 rings (SSSR count). The third-order valence-corrected chi connectivity index (χ3v) is 2.43. The fourth-order valence-electron chi connectivity index (χ4n) is 1.47. The van der Waals surface area contributed by atoms with Crippen LogP contribution in [0.4, 0.5) is 0 Å². The summed E-state index contributed by atoms with van der Waals surface area (Å²) in [7, 11) is 0. The van der Waals surface area contributed by atoms with E-state index >= 15 is 0 Å². The van der Waals surface area contributed by atoms with Gasteiger partial charge in [0.05, 0.1) is 0 Å². The first-order valence-electron chi connectivity index (χ1n) is 5.97. The second kappa shape index (κ2) is 8.35.